The van der Waals surface area contributed by atoms with Crippen LogP contribution < -0.4 is 10.6 Å². The van der Waals surface area contributed by atoms with Gasteiger partial charge in [-0.3, -0.25) is 0 Å². The second-order valence-electron chi connectivity index (χ2n) is 7.23. The third-order valence-electron chi connectivity index (χ3n) is 5.83. The molecular weight excluding hydrogens is 284 g/mol. The largest absolute Gasteiger partial charge is 0.399 e. The van der Waals surface area contributed by atoms with Crippen LogP contribution in [0, 0.1) is 0 Å². The highest BCUT2D eigenvalue weighted by atomic mass is 16.5. The van der Waals surface area contributed by atoms with Crippen LogP contribution in [0.1, 0.15) is 37.8 Å². The summed E-state index contributed by atoms with van der Waals surface area (Å²) in [5, 5.41) is 0. The number of para-hydroxylation sites is 1. The molecular formula is C20H24N2O. The Hall–Kier alpha value is -2.00. The van der Waals surface area contributed by atoms with E-state index in [0.717, 1.165) is 18.8 Å². The first kappa shape index (κ1) is 14.6. The third kappa shape index (κ3) is 1.74. The van der Waals surface area contributed by atoms with E-state index in [-0.39, 0.29) is 17.1 Å². The van der Waals surface area contributed by atoms with Crippen LogP contribution in [0.5, 0.6) is 0 Å². The molecule has 2 aliphatic heterocycles. The quantitative estimate of drug-likeness (QED) is 0.855. The Kier molecular flexibility index (Phi) is 3.01. The molecule has 120 valence electrons. The second kappa shape index (κ2) is 4.75. The summed E-state index contributed by atoms with van der Waals surface area (Å²) >= 11 is 0. The molecule has 2 N–H and O–H groups in total. The van der Waals surface area contributed by atoms with Gasteiger partial charge in [0.1, 0.15) is 0 Å². The van der Waals surface area contributed by atoms with Crippen molar-refractivity contribution in [3.8, 4) is 0 Å². The fraction of sp³-hybridized carbons (Fsp3) is 0.400. The van der Waals surface area contributed by atoms with E-state index in [1.807, 2.05) is 12.1 Å². The molecule has 0 amide bonds. The number of ether oxygens (including phenoxy) is 1. The van der Waals surface area contributed by atoms with Gasteiger partial charge in [-0.2, -0.15) is 0 Å². The van der Waals surface area contributed by atoms with E-state index in [2.05, 4.69) is 62.1 Å². The molecule has 2 heterocycles. The lowest BCUT2D eigenvalue weighted by atomic mass is 9.70. The van der Waals surface area contributed by atoms with Crippen LogP contribution >= 0.6 is 0 Å². The van der Waals surface area contributed by atoms with Crippen molar-refractivity contribution in [3.05, 3.63) is 59.7 Å². The van der Waals surface area contributed by atoms with Gasteiger partial charge in [0.15, 0.2) is 5.72 Å². The van der Waals surface area contributed by atoms with Crippen molar-refractivity contribution in [3.63, 3.8) is 0 Å². The summed E-state index contributed by atoms with van der Waals surface area (Å²) in [6, 6.07) is 17.0. The first-order valence-electron chi connectivity index (χ1n) is 8.35. The molecule has 2 aromatic carbocycles. The summed E-state index contributed by atoms with van der Waals surface area (Å²) in [7, 11) is 0. The maximum absolute atomic E-state index is 6.50. The van der Waals surface area contributed by atoms with Gasteiger partial charge in [0.2, 0.25) is 0 Å². The van der Waals surface area contributed by atoms with Gasteiger partial charge < -0.3 is 15.4 Å². The molecule has 2 aliphatic rings. The monoisotopic (exact) mass is 308 g/mol. The molecule has 1 fully saturated rings. The van der Waals surface area contributed by atoms with Crippen LogP contribution in [0.4, 0.5) is 11.4 Å². The fourth-order valence-electron chi connectivity index (χ4n) is 4.69. The summed E-state index contributed by atoms with van der Waals surface area (Å²) in [5.41, 5.74) is 10.2. The minimum absolute atomic E-state index is 0.0824. The number of rotatable bonds is 2. The Labute approximate surface area is 138 Å². The van der Waals surface area contributed by atoms with Crippen LogP contribution in [0.25, 0.3) is 0 Å². The fourth-order valence-corrected chi connectivity index (χ4v) is 4.69. The van der Waals surface area contributed by atoms with E-state index in [1.165, 1.54) is 16.8 Å². The van der Waals surface area contributed by atoms with Crippen molar-refractivity contribution in [2.45, 2.75) is 37.8 Å². The summed E-state index contributed by atoms with van der Waals surface area (Å²) < 4.78 is 6.50. The Balaban J connectivity index is 1.87. The first-order chi connectivity index (χ1) is 11.0. The number of nitrogens with zero attached hydrogens (tertiary/aromatic N) is 1. The smallest absolute Gasteiger partial charge is 0.157 e. The van der Waals surface area contributed by atoms with E-state index in [0.29, 0.717) is 0 Å². The number of hydrogen-bond donors (Lipinski definition) is 1. The lowest BCUT2D eigenvalue weighted by Crippen LogP contribution is -2.56. The van der Waals surface area contributed by atoms with Crippen molar-refractivity contribution in [1.82, 2.24) is 0 Å². The molecule has 0 radical (unpaired) electrons. The first-order valence-corrected chi connectivity index (χ1v) is 8.35. The summed E-state index contributed by atoms with van der Waals surface area (Å²) in [6.45, 7) is 8.62. The van der Waals surface area contributed by atoms with E-state index in [1.54, 1.807) is 0 Å². The lowest BCUT2D eigenvalue weighted by Gasteiger charge is -2.46. The average Bonchev–Trinajstić information content (AvgIpc) is 3.07. The van der Waals surface area contributed by atoms with Gasteiger partial charge in [-0.25, -0.2) is 0 Å². The SMILES string of the molecule is CC(c1ccc(N)cc1)C12OCCN1c1ccccc1C2(C)C. The zero-order valence-corrected chi connectivity index (χ0v) is 14.0. The number of anilines is 2. The van der Waals surface area contributed by atoms with Gasteiger partial charge in [0.05, 0.1) is 6.61 Å². The van der Waals surface area contributed by atoms with Gasteiger partial charge in [-0.1, -0.05) is 51.1 Å². The van der Waals surface area contributed by atoms with Gasteiger partial charge in [-0.15, -0.1) is 0 Å². The molecule has 1 saturated heterocycles. The van der Waals surface area contributed by atoms with Crippen LogP contribution in [0.15, 0.2) is 48.5 Å². The number of nitrogen functional groups attached to an aromatic ring is 1. The van der Waals surface area contributed by atoms with Crippen molar-refractivity contribution in [1.29, 1.82) is 0 Å². The molecule has 23 heavy (non-hydrogen) atoms. The third-order valence-corrected chi connectivity index (χ3v) is 5.83. The molecule has 4 rings (SSSR count). The Morgan fingerprint density at radius 3 is 2.52 bits per heavy atom. The predicted molar refractivity (Wildman–Crippen MR) is 94.8 cm³/mol. The number of hydrogen-bond acceptors (Lipinski definition) is 3. The molecule has 0 spiro atoms. The second-order valence-corrected chi connectivity index (χ2v) is 7.23. The zero-order valence-electron chi connectivity index (χ0n) is 14.0. The van der Waals surface area contributed by atoms with Crippen molar-refractivity contribution in [2.75, 3.05) is 23.8 Å². The van der Waals surface area contributed by atoms with Crippen LogP contribution in [0.2, 0.25) is 0 Å². The zero-order chi connectivity index (χ0) is 16.2. The standard InChI is InChI=1S/C20H24N2O/c1-14(15-8-10-16(21)11-9-15)20-19(2,3)17-6-4-5-7-18(17)22(20)12-13-23-20/h4-11,14H,12-13,21H2,1-3H3. The van der Waals surface area contributed by atoms with Crippen molar-refractivity contribution in [2.24, 2.45) is 0 Å². The normalized spacial score (nSPS) is 26.0. The molecule has 0 aromatic heterocycles. The van der Waals surface area contributed by atoms with Gasteiger partial charge >= 0.3 is 0 Å². The molecule has 2 unspecified atom stereocenters. The highest BCUT2D eigenvalue weighted by molar-refractivity contribution is 5.67. The number of nitrogens with two attached hydrogens (primary N) is 1. The maximum atomic E-state index is 6.50. The molecule has 0 saturated carbocycles. The molecule has 3 nitrogen and oxygen atoms in total. The minimum atomic E-state index is -0.340. The van der Waals surface area contributed by atoms with E-state index >= 15 is 0 Å². The topological polar surface area (TPSA) is 38.5 Å². The van der Waals surface area contributed by atoms with Crippen LogP contribution in [-0.4, -0.2) is 18.9 Å². The van der Waals surface area contributed by atoms with Crippen LogP contribution in [0.3, 0.4) is 0 Å². The molecule has 3 heteroatoms. The summed E-state index contributed by atoms with van der Waals surface area (Å²) in [4.78, 5) is 2.48. The Morgan fingerprint density at radius 1 is 1.09 bits per heavy atom. The van der Waals surface area contributed by atoms with Gasteiger partial charge in [0, 0.05) is 29.3 Å². The van der Waals surface area contributed by atoms with Crippen molar-refractivity contribution >= 4 is 11.4 Å². The van der Waals surface area contributed by atoms with Crippen molar-refractivity contribution < 1.29 is 4.74 Å². The highest BCUT2D eigenvalue weighted by Gasteiger charge is 2.63. The maximum Gasteiger partial charge on any atom is 0.157 e. The minimum Gasteiger partial charge on any atom is -0.399 e. The Morgan fingerprint density at radius 2 is 1.78 bits per heavy atom. The molecule has 0 aliphatic carbocycles. The number of fused-ring (bicyclic) bond motifs is 3. The van der Waals surface area contributed by atoms with E-state index in [4.69, 9.17) is 10.5 Å². The Bertz CT molecular complexity index is 738. The van der Waals surface area contributed by atoms with Crippen LogP contribution in [-0.2, 0) is 10.2 Å². The molecule has 2 aromatic rings. The lowest BCUT2D eigenvalue weighted by molar-refractivity contribution is -0.0579. The molecule has 0 bridgehead atoms. The van der Waals surface area contributed by atoms with E-state index < -0.39 is 0 Å². The average molecular weight is 308 g/mol. The summed E-state index contributed by atoms with van der Waals surface area (Å²) in [6.07, 6.45) is 0. The predicted octanol–water partition coefficient (Wildman–Crippen LogP) is 3.90. The van der Waals surface area contributed by atoms with Gasteiger partial charge in [0.25, 0.3) is 0 Å². The molecule has 2 atom stereocenters. The highest BCUT2D eigenvalue weighted by Crippen LogP contribution is 2.59. The van der Waals surface area contributed by atoms with E-state index in [9.17, 15) is 0 Å². The number of benzene rings is 2. The van der Waals surface area contributed by atoms with Gasteiger partial charge in [-0.05, 0) is 29.3 Å². The summed E-state index contributed by atoms with van der Waals surface area (Å²) in [5.74, 6) is 0.244.